The lowest BCUT2D eigenvalue weighted by Gasteiger charge is -2.25. The van der Waals surface area contributed by atoms with E-state index in [0.29, 0.717) is 29.3 Å². The average Bonchev–Trinajstić information content (AvgIpc) is 3.55. The maximum Gasteiger partial charge on any atom is 0.435 e. The second-order valence-corrected chi connectivity index (χ2v) is 9.51. The highest BCUT2D eigenvalue weighted by Gasteiger charge is 2.39. The summed E-state index contributed by atoms with van der Waals surface area (Å²) in [6, 6.07) is 5.15. The molecule has 0 radical (unpaired) electrons. The molecule has 0 atom stereocenters. The highest BCUT2D eigenvalue weighted by Crippen LogP contribution is 2.36. The fourth-order valence-corrected chi connectivity index (χ4v) is 4.36. The van der Waals surface area contributed by atoms with E-state index in [1.165, 1.54) is 18.2 Å². The van der Waals surface area contributed by atoms with Gasteiger partial charge in [-0.3, -0.25) is 9.59 Å². The summed E-state index contributed by atoms with van der Waals surface area (Å²) in [4.78, 5) is 25.1. The number of carbonyl (C=O) groups is 2. The normalized spacial score (nSPS) is 18.0. The Labute approximate surface area is 216 Å². The first kappa shape index (κ1) is 27.3. The fourth-order valence-electron chi connectivity index (χ4n) is 4.36. The predicted molar refractivity (Wildman–Crippen MR) is 127 cm³/mol. The van der Waals surface area contributed by atoms with Crippen LogP contribution in [0.2, 0.25) is 0 Å². The molecule has 204 valence electrons. The van der Waals surface area contributed by atoms with E-state index >= 15 is 0 Å². The predicted octanol–water partition coefficient (Wildman–Crippen LogP) is 4.36. The summed E-state index contributed by atoms with van der Waals surface area (Å²) >= 11 is 0. The van der Waals surface area contributed by atoms with Gasteiger partial charge in [-0.25, -0.2) is 9.07 Å². The monoisotopic (exact) mass is 536 g/mol. The molecule has 2 N–H and O–H groups in total. The van der Waals surface area contributed by atoms with Crippen LogP contribution in [0.1, 0.15) is 79.2 Å². The van der Waals surface area contributed by atoms with Gasteiger partial charge < -0.3 is 15.1 Å². The molecular weight excluding hydrogens is 508 g/mol. The summed E-state index contributed by atoms with van der Waals surface area (Å²) in [5, 5.41) is 16.7. The van der Waals surface area contributed by atoms with E-state index in [0.717, 1.165) is 25.1 Å². The number of alkyl halides is 3. The molecular formula is C25H28F4N6O3. The number of amides is 2. The van der Waals surface area contributed by atoms with E-state index in [2.05, 4.69) is 25.9 Å². The summed E-state index contributed by atoms with van der Waals surface area (Å²) in [5.41, 5.74) is -2.40. The Bertz CT molecular complexity index is 1280. The van der Waals surface area contributed by atoms with Crippen molar-refractivity contribution in [3.05, 3.63) is 59.3 Å². The van der Waals surface area contributed by atoms with E-state index in [1.807, 2.05) is 13.8 Å². The van der Waals surface area contributed by atoms with Gasteiger partial charge in [-0.05, 0) is 37.8 Å². The van der Waals surface area contributed by atoms with Gasteiger partial charge in [-0.15, -0.1) is 10.2 Å². The van der Waals surface area contributed by atoms with Gasteiger partial charge in [0.05, 0.1) is 5.56 Å². The van der Waals surface area contributed by atoms with Crippen LogP contribution in [0.25, 0.3) is 5.69 Å². The second-order valence-electron chi connectivity index (χ2n) is 9.51. The minimum atomic E-state index is -4.92. The molecule has 1 aromatic carbocycles. The van der Waals surface area contributed by atoms with Crippen molar-refractivity contribution in [1.82, 2.24) is 30.6 Å². The van der Waals surface area contributed by atoms with Crippen LogP contribution in [0.3, 0.4) is 0 Å². The molecule has 0 saturated heterocycles. The van der Waals surface area contributed by atoms with Crippen LogP contribution in [0.4, 0.5) is 17.6 Å². The highest BCUT2D eigenvalue weighted by atomic mass is 19.4. The minimum absolute atomic E-state index is 0.0364. The van der Waals surface area contributed by atoms with Gasteiger partial charge in [0.1, 0.15) is 11.5 Å². The molecule has 1 aliphatic rings. The zero-order valence-electron chi connectivity index (χ0n) is 20.9. The van der Waals surface area contributed by atoms with Gasteiger partial charge in [0.25, 0.3) is 5.91 Å². The molecule has 1 saturated carbocycles. The molecule has 9 nitrogen and oxygen atoms in total. The van der Waals surface area contributed by atoms with Gasteiger partial charge in [-0.2, -0.15) is 18.3 Å². The molecule has 0 aliphatic heterocycles. The summed E-state index contributed by atoms with van der Waals surface area (Å²) < 4.78 is 60.9. The molecule has 2 heterocycles. The van der Waals surface area contributed by atoms with Crippen molar-refractivity contribution in [2.24, 2.45) is 5.92 Å². The Balaban J connectivity index is 1.27. The van der Waals surface area contributed by atoms with E-state index in [4.69, 9.17) is 4.42 Å². The van der Waals surface area contributed by atoms with E-state index in [1.54, 1.807) is 0 Å². The number of nitrogens with zero attached hydrogens (tertiary/aromatic N) is 4. The van der Waals surface area contributed by atoms with Gasteiger partial charge in [0, 0.05) is 37.0 Å². The lowest BCUT2D eigenvalue weighted by atomic mass is 9.81. The number of hydrogen-bond donors (Lipinski definition) is 2. The Hall–Kier alpha value is -3.77. The van der Waals surface area contributed by atoms with Crippen LogP contribution < -0.4 is 10.6 Å². The molecule has 2 amide bonds. The summed E-state index contributed by atoms with van der Waals surface area (Å²) in [6.07, 6.45) is -1.38. The van der Waals surface area contributed by atoms with Crippen molar-refractivity contribution in [2.75, 3.05) is 13.1 Å². The lowest BCUT2D eigenvalue weighted by Crippen LogP contribution is -2.38. The molecule has 3 aromatic rings. The number of rotatable bonds is 8. The van der Waals surface area contributed by atoms with Crippen LogP contribution in [-0.2, 0) is 11.0 Å². The number of nitrogens with one attached hydrogen (secondary N) is 2. The van der Waals surface area contributed by atoms with Crippen LogP contribution in [0, 0.1) is 11.7 Å². The number of aromatic nitrogens is 4. The molecule has 1 aliphatic carbocycles. The first-order valence-electron chi connectivity index (χ1n) is 12.4. The van der Waals surface area contributed by atoms with Crippen molar-refractivity contribution in [3.63, 3.8) is 0 Å². The maximum atomic E-state index is 14.0. The number of hydrogen-bond acceptors (Lipinski definition) is 6. The van der Waals surface area contributed by atoms with Crippen molar-refractivity contribution in [3.8, 4) is 5.69 Å². The third kappa shape index (κ3) is 6.20. The fraction of sp³-hybridized carbons (Fsp3) is 0.480. The summed E-state index contributed by atoms with van der Waals surface area (Å²) in [6.45, 7) is 3.88. The van der Waals surface area contributed by atoms with E-state index in [-0.39, 0.29) is 42.4 Å². The van der Waals surface area contributed by atoms with Crippen molar-refractivity contribution < 1.29 is 31.6 Å². The third-order valence-corrected chi connectivity index (χ3v) is 6.43. The molecule has 38 heavy (non-hydrogen) atoms. The number of para-hydroxylation sites is 1. The molecule has 1 fully saturated rings. The van der Waals surface area contributed by atoms with Gasteiger partial charge in [0.2, 0.25) is 17.7 Å². The van der Waals surface area contributed by atoms with Crippen LogP contribution in [0.15, 0.2) is 34.9 Å². The summed E-state index contributed by atoms with van der Waals surface area (Å²) in [5.74, 6) is -0.802. The van der Waals surface area contributed by atoms with Gasteiger partial charge in [-0.1, -0.05) is 26.0 Å². The topological polar surface area (TPSA) is 115 Å². The molecule has 0 unspecified atom stereocenters. The van der Waals surface area contributed by atoms with Gasteiger partial charge in [0.15, 0.2) is 5.69 Å². The van der Waals surface area contributed by atoms with Crippen LogP contribution >= 0.6 is 0 Å². The smallest absolute Gasteiger partial charge is 0.425 e. The quantitative estimate of drug-likeness (QED) is 0.327. The highest BCUT2D eigenvalue weighted by molar-refractivity contribution is 5.95. The number of halogens is 4. The Morgan fingerprint density at radius 3 is 2.39 bits per heavy atom. The van der Waals surface area contributed by atoms with E-state index < -0.39 is 29.2 Å². The zero-order chi connectivity index (χ0) is 27.4. The molecule has 13 heteroatoms. The van der Waals surface area contributed by atoms with Crippen molar-refractivity contribution >= 4 is 11.8 Å². The Kier molecular flexibility index (Phi) is 8.12. The van der Waals surface area contributed by atoms with Crippen molar-refractivity contribution in [1.29, 1.82) is 0 Å². The average molecular weight is 537 g/mol. The summed E-state index contributed by atoms with van der Waals surface area (Å²) in [7, 11) is 0. The maximum absolute atomic E-state index is 14.0. The Morgan fingerprint density at radius 1 is 1.08 bits per heavy atom. The number of carbonyl (C=O) groups excluding carboxylic acids is 2. The number of benzene rings is 1. The van der Waals surface area contributed by atoms with Gasteiger partial charge >= 0.3 is 6.18 Å². The lowest BCUT2D eigenvalue weighted by molar-refractivity contribution is -0.141. The second kappa shape index (κ2) is 11.3. The van der Waals surface area contributed by atoms with Crippen molar-refractivity contribution in [2.45, 2.75) is 57.5 Å². The zero-order valence-corrected chi connectivity index (χ0v) is 20.9. The molecule has 0 bridgehead atoms. The molecule has 0 spiro atoms. The van der Waals surface area contributed by atoms with Crippen LogP contribution in [0.5, 0.6) is 0 Å². The SMILES string of the molecule is CC(C)c1nnc([C@H]2CC[C@H](C(=O)NCCNC(=O)c3cn(-c4ccccc4F)nc3C(F)(F)F)CC2)o1. The Morgan fingerprint density at radius 2 is 1.76 bits per heavy atom. The molecule has 4 rings (SSSR count). The third-order valence-electron chi connectivity index (χ3n) is 6.43. The van der Waals surface area contributed by atoms with Crippen LogP contribution in [-0.4, -0.2) is 44.9 Å². The molecule has 2 aromatic heterocycles. The minimum Gasteiger partial charge on any atom is -0.425 e. The van der Waals surface area contributed by atoms with E-state index in [9.17, 15) is 27.2 Å². The largest absolute Gasteiger partial charge is 0.435 e. The standard InChI is InChI=1S/C25H28F4N6O3/c1-14(2)23-32-33-24(38-23)16-9-7-15(8-10-16)21(36)30-11-12-31-22(37)17-13-35(34-20(17)25(27,28)29)19-6-4-3-5-18(19)26/h3-6,13-16H,7-12H2,1-2H3,(H,30,36)(H,31,37)/t15-,16-. The first-order valence-corrected chi connectivity index (χ1v) is 12.4. The first-order chi connectivity index (χ1) is 18.0.